The fourth-order valence-electron chi connectivity index (χ4n) is 2.51. The van der Waals surface area contributed by atoms with Crippen molar-refractivity contribution in [2.45, 2.75) is 6.36 Å². The SMILES string of the molecule is COc1cc(-c2ccc(OC(F)(F)F)cc2)c2ncc(C(=O)O)cc2c1. The number of carboxylic acids is 1. The van der Waals surface area contributed by atoms with Gasteiger partial charge in [0.2, 0.25) is 0 Å². The Labute approximate surface area is 145 Å². The maximum absolute atomic E-state index is 12.3. The summed E-state index contributed by atoms with van der Waals surface area (Å²) in [5, 5.41) is 9.64. The number of methoxy groups -OCH3 is 1. The topological polar surface area (TPSA) is 68.7 Å². The number of halogens is 3. The quantitative estimate of drug-likeness (QED) is 0.739. The molecule has 0 bridgehead atoms. The summed E-state index contributed by atoms with van der Waals surface area (Å²) in [4.78, 5) is 15.3. The van der Waals surface area contributed by atoms with Crippen LogP contribution in [0.25, 0.3) is 22.0 Å². The van der Waals surface area contributed by atoms with Crippen molar-refractivity contribution < 1.29 is 32.5 Å². The molecular weight excluding hydrogens is 351 g/mol. The maximum Gasteiger partial charge on any atom is 0.573 e. The maximum atomic E-state index is 12.3. The number of pyridine rings is 1. The first-order chi connectivity index (χ1) is 12.3. The van der Waals surface area contributed by atoms with Gasteiger partial charge in [-0.25, -0.2) is 4.79 Å². The second-order valence-electron chi connectivity index (χ2n) is 5.35. The Morgan fingerprint density at radius 2 is 1.77 bits per heavy atom. The molecule has 26 heavy (non-hydrogen) atoms. The van der Waals surface area contributed by atoms with Crippen LogP contribution in [0.3, 0.4) is 0 Å². The standard InChI is InChI=1S/C18H12F3NO4/c1-25-14-7-11-6-12(17(23)24)9-22-16(11)15(8-14)10-2-4-13(5-3-10)26-18(19,20)21/h2-9H,1H3,(H,23,24). The van der Waals surface area contributed by atoms with Gasteiger partial charge >= 0.3 is 12.3 Å². The molecule has 1 heterocycles. The van der Waals surface area contributed by atoms with E-state index in [1.165, 1.54) is 43.6 Å². The van der Waals surface area contributed by atoms with E-state index in [0.29, 0.717) is 27.8 Å². The van der Waals surface area contributed by atoms with E-state index in [1.54, 1.807) is 12.1 Å². The Morgan fingerprint density at radius 1 is 1.08 bits per heavy atom. The average Bonchev–Trinajstić information content (AvgIpc) is 2.59. The largest absolute Gasteiger partial charge is 0.573 e. The molecule has 134 valence electrons. The van der Waals surface area contributed by atoms with Crippen molar-refractivity contribution >= 4 is 16.9 Å². The van der Waals surface area contributed by atoms with Crippen LogP contribution in [0, 0.1) is 0 Å². The Balaban J connectivity index is 2.10. The van der Waals surface area contributed by atoms with Gasteiger partial charge in [0.05, 0.1) is 18.2 Å². The zero-order chi connectivity index (χ0) is 18.9. The number of carbonyl (C=O) groups is 1. The highest BCUT2D eigenvalue weighted by atomic mass is 19.4. The van der Waals surface area contributed by atoms with E-state index in [0.717, 1.165) is 0 Å². The molecule has 0 unspecified atom stereocenters. The minimum atomic E-state index is -4.76. The normalized spacial score (nSPS) is 11.4. The molecule has 3 aromatic rings. The van der Waals surface area contributed by atoms with E-state index in [2.05, 4.69) is 9.72 Å². The molecule has 3 rings (SSSR count). The second kappa shape index (κ2) is 6.55. The number of aromatic nitrogens is 1. The lowest BCUT2D eigenvalue weighted by Crippen LogP contribution is -2.16. The predicted molar refractivity (Wildman–Crippen MR) is 87.4 cm³/mol. The number of rotatable bonds is 4. The molecule has 1 N–H and O–H groups in total. The van der Waals surface area contributed by atoms with Crippen molar-refractivity contribution in [1.82, 2.24) is 4.98 Å². The van der Waals surface area contributed by atoms with Gasteiger partial charge in [0, 0.05) is 17.1 Å². The van der Waals surface area contributed by atoms with Gasteiger partial charge in [-0.3, -0.25) is 4.98 Å². The summed E-state index contributed by atoms with van der Waals surface area (Å²) >= 11 is 0. The minimum Gasteiger partial charge on any atom is -0.497 e. The van der Waals surface area contributed by atoms with Crippen molar-refractivity contribution in [2.24, 2.45) is 0 Å². The number of nitrogens with zero attached hydrogens (tertiary/aromatic N) is 1. The molecule has 0 saturated carbocycles. The lowest BCUT2D eigenvalue weighted by Gasteiger charge is -2.12. The Morgan fingerprint density at radius 3 is 2.35 bits per heavy atom. The first-order valence-electron chi connectivity index (χ1n) is 7.34. The van der Waals surface area contributed by atoms with Gasteiger partial charge in [-0.2, -0.15) is 0 Å². The van der Waals surface area contributed by atoms with Crippen LogP contribution in [0.15, 0.2) is 48.7 Å². The van der Waals surface area contributed by atoms with E-state index in [1.807, 2.05) is 0 Å². The van der Waals surface area contributed by atoms with E-state index in [4.69, 9.17) is 9.84 Å². The van der Waals surface area contributed by atoms with Gasteiger partial charge in [-0.05, 0) is 35.9 Å². The average molecular weight is 363 g/mol. The third-order valence-corrected chi connectivity index (χ3v) is 3.64. The van der Waals surface area contributed by atoms with Crippen LogP contribution >= 0.6 is 0 Å². The Kier molecular flexibility index (Phi) is 4.41. The van der Waals surface area contributed by atoms with Crippen LogP contribution in [0.2, 0.25) is 0 Å². The third kappa shape index (κ3) is 3.69. The molecule has 5 nitrogen and oxygen atoms in total. The summed E-state index contributed by atoms with van der Waals surface area (Å²) in [6.07, 6.45) is -3.54. The molecule has 1 aromatic heterocycles. The van der Waals surface area contributed by atoms with Crippen molar-refractivity contribution in [3.05, 3.63) is 54.2 Å². The lowest BCUT2D eigenvalue weighted by atomic mass is 10.0. The van der Waals surface area contributed by atoms with Gasteiger partial charge in [0.25, 0.3) is 0 Å². The van der Waals surface area contributed by atoms with Crippen molar-refractivity contribution in [1.29, 1.82) is 0 Å². The van der Waals surface area contributed by atoms with Crippen LogP contribution in [0.5, 0.6) is 11.5 Å². The minimum absolute atomic E-state index is 0.0191. The molecule has 0 fully saturated rings. The number of alkyl halides is 3. The van der Waals surface area contributed by atoms with E-state index >= 15 is 0 Å². The molecule has 0 atom stereocenters. The highest BCUT2D eigenvalue weighted by Crippen LogP contribution is 2.34. The molecule has 0 spiro atoms. The zero-order valence-electron chi connectivity index (χ0n) is 13.4. The lowest BCUT2D eigenvalue weighted by molar-refractivity contribution is -0.274. The second-order valence-corrected chi connectivity index (χ2v) is 5.35. The summed E-state index contributed by atoms with van der Waals surface area (Å²) in [5.74, 6) is -0.987. The highest BCUT2D eigenvalue weighted by molar-refractivity contribution is 5.99. The molecule has 0 saturated heterocycles. The van der Waals surface area contributed by atoms with Gasteiger partial charge in [-0.1, -0.05) is 12.1 Å². The number of hydrogen-bond donors (Lipinski definition) is 1. The summed E-state index contributed by atoms with van der Waals surface area (Å²) < 4.78 is 45.9. The number of carboxylic acid groups (broad SMARTS) is 1. The molecule has 0 aliphatic rings. The molecule has 8 heteroatoms. The fourth-order valence-corrected chi connectivity index (χ4v) is 2.51. The van der Waals surface area contributed by atoms with Gasteiger partial charge < -0.3 is 14.6 Å². The monoisotopic (exact) mass is 363 g/mol. The summed E-state index contributed by atoms with van der Waals surface area (Å²) in [5.41, 5.74) is 1.69. The Bertz CT molecular complexity index is 969. The van der Waals surface area contributed by atoms with Gasteiger partial charge in [-0.15, -0.1) is 13.2 Å². The molecule has 0 amide bonds. The van der Waals surface area contributed by atoms with Crippen molar-refractivity contribution in [2.75, 3.05) is 7.11 Å². The first-order valence-corrected chi connectivity index (χ1v) is 7.34. The number of benzene rings is 2. The van der Waals surface area contributed by atoms with Crippen LogP contribution in [0.1, 0.15) is 10.4 Å². The van der Waals surface area contributed by atoms with Crippen molar-refractivity contribution in [3.8, 4) is 22.6 Å². The van der Waals surface area contributed by atoms with Crippen LogP contribution in [-0.4, -0.2) is 29.5 Å². The number of hydrogen-bond acceptors (Lipinski definition) is 4. The van der Waals surface area contributed by atoms with Gasteiger partial charge in [0.1, 0.15) is 11.5 Å². The molecule has 0 radical (unpaired) electrons. The zero-order valence-corrected chi connectivity index (χ0v) is 13.4. The van der Waals surface area contributed by atoms with E-state index in [-0.39, 0.29) is 11.3 Å². The fraction of sp³-hybridized carbons (Fsp3) is 0.111. The predicted octanol–water partition coefficient (Wildman–Crippen LogP) is 4.51. The van der Waals surface area contributed by atoms with Crippen LogP contribution in [0.4, 0.5) is 13.2 Å². The summed E-state index contributed by atoms with van der Waals surface area (Å²) in [6.45, 7) is 0. The summed E-state index contributed by atoms with van der Waals surface area (Å²) in [6, 6.07) is 10.1. The molecule has 2 aromatic carbocycles. The number of ether oxygens (including phenoxy) is 2. The van der Waals surface area contributed by atoms with Crippen LogP contribution in [-0.2, 0) is 0 Å². The van der Waals surface area contributed by atoms with E-state index in [9.17, 15) is 18.0 Å². The highest BCUT2D eigenvalue weighted by Gasteiger charge is 2.31. The number of aromatic carboxylic acids is 1. The summed E-state index contributed by atoms with van der Waals surface area (Å²) in [7, 11) is 1.46. The smallest absolute Gasteiger partial charge is 0.497 e. The molecule has 0 aliphatic heterocycles. The molecular formula is C18H12F3NO4. The number of fused-ring (bicyclic) bond motifs is 1. The van der Waals surface area contributed by atoms with Gasteiger partial charge in [0.15, 0.2) is 0 Å². The van der Waals surface area contributed by atoms with E-state index < -0.39 is 12.3 Å². The van der Waals surface area contributed by atoms with Crippen LogP contribution < -0.4 is 9.47 Å². The van der Waals surface area contributed by atoms with Crippen molar-refractivity contribution in [3.63, 3.8) is 0 Å². The Hall–Kier alpha value is -3.29. The third-order valence-electron chi connectivity index (χ3n) is 3.64. The first kappa shape index (κ1) is 17.5. The molecule has 0 aliphatic carbocycles.